The maximum absolute atomic E-state index is 5.65. The highest BCUT2D eigenvalue weighted by atomic mass is 79.9. The van der Waals surface area contributed by atoms with E-state index in [2.05, 4.69) is 42.8 Å². The van der Waals surface area contributed by atoms with Crippen LogP contribution in [0, 0.1) is 0 Å². The van der Waals surface area contributed by atoms with Gasteiger partial charge in [-0.2, -0.15) is 0 Å². The molecule has 0 aliphatic carbocycles. The Morgan fingerprint density at radius 3 is 2.33 bits per heavy atom. The third kappa shape index (κ3) is 5.72. The molecule has 0 saturated carbocycles. The topological polar surface area (TPSA) is 9.23 Å². The average Bonchev–Trinajstić information content (AvgIpc) is 2.25. The van der Waals surface area contributed by atoms with Crippen molar-refractivity contribution in [1.82, 2.24) is 0 Å². The molecular weight excluding hydrogens is 252 g/mol. The van der Waals surface area contributed by atoms with Gasteiger partial charge in [-0.1, -0.05) is 41.4 Å². The molecule has 0 aromatic heterocycles. The number of hydrogen-bond donors (Lipinski definition) is 0. The van der Waals surface area contributed by atoms with Crippen LogP contribution in [0.2, 0.25) is 0 Å². The van der Waals surface area contributed by atoms with Crippen molar-refractivity contribution in [3.63, 3.8) is 0 Å². The van der Waals surface area contributed by atoms with E-state index in [1.807, 2.05) is 7.11 Å². The van der Waals surface area contributed by atoms with E-state index >= 15 is 0 Å². The molecule has 0 spiro atoms. The highest BCUT2D eigenvalue weighted by molar-refractivity contribution is 9.09. The highest BCUT2D eigenvalue weighted by Gasteiger charge is 2.24. The first kappa shape index (κ1) is 15.2. The van der Waals surface area contributed by atoms with E-state index in [1.165, 1.54) is 24.8 Å². The summed E-state index contributed by atoms with van der Waals surface area (Å²) in [6.07, 6.45) is 8.06. The van der Waals surface area contributed by atoms with Gasteiger partial charge in [-0.05, 0) is 39.0 Å². The monoisotopic (exact) mass is 276 g/mol. The average molecular weight is 277 g/mol. The zero-order valence-corrected chi connectivity index (χ0v) is 12.2. The van der Waals surface area contributed by atoms with Crippen LogP contribution in [0.25, 0.3) is 0 Å². The van der Waals surface area contributed by atoms with Crippen molar-refractivity contribution in [3.05, 3.63) is 11.6 Å². The normalized spacial score (nSPS) is 13.3. The van der Waals surface area contributed by atoms with Crippen molar-refractivity contribution in [2.24, 2.45) is 0 Å². The van der Waals surface area contributed by atoms with Gasteiger partial charge in [0.1, 0.15) is 0 Å². The van der Waals surface area contributed by atoms with E-state index in [1.54, 1.807) is 0 Å². The molecular formula is C13H25BrO. The van der Waals surface area contributed by atoms with E-state index in [-0.39, 0.29) is 5.60 Å². The predicted molar refractivity (Wildman–Crippen MR) is 71.7 cm³/mol. The summed E-state index contributed by atoms with van der Waals surface area (Å²) in [7, 11) is 1.84. The molecule has 1 nitrogen and oxygen atoms in total. The Morgan fingerprint density at radius 2 is 1.93 bits per heavy atom. The standard InChI is InChI=1S/C13H25BrO/c1-5-13(6-2,15-4)10-7-8-12(3)9-11-14/h9H,5-8,10-11H2,1-4H3/b12-9+. The first-order valence-electron chi connectivity index (χ1n) is 5.90. The smallest absolute Gasteiger partial charge is 0.0673 e. The maximum atomic E-state index is 5.65. The molecule has 0 fully saturated rings. The van der Waals surface area contributed by atoms with Crippen LogP contribution in [0.15, 0.2) is 11.6 Å². The van der Waals surface area contributed by atoms with Crippen LogP contribution in [0.5, 0.6) is 0 Å². The second kappa shape index (κ2) is 8.35. The minimum absolute atomic E-state index is 0.120. The van der Waals surface area contributed by atoms with Gasteiger partial charge in [0, 0.05) is 12.4 Å². The summed E-state index contributed by atoms with van der Waals surface area (Å²) >= 11 is 3.42. The van der Waals surface area contributed by atoms with Crippen LogP contribution in [0.3, 0.4) is 0 Å². The van der Waals surface area contributed by atoms with Crippen LogP contribution in [0.4, 0.5) is 0 Å². The Kier molecular flexibility index (Phi) is 8.45. The minimum atomic E-state index is 0.120. The second-order valence-electron chi connectivity index (χ2n) is 4.15. The Bertz CT molecular complexity index is 175. The zero-order chi connectivity index (χ0) is 11.7. The molecule has 90 valence electrons. The van der Waals surface area contributed by atoms with Crippen molar-refractivity contribution in [2.75, 3.05) is 12.4 Å². The van der Waals surface area contributed by atoms with E-state index in [4.69, 9.17) is 4.74 Å². The molecule has 0 rings (SSSR count). The number of ether oxygens (including phenoxy) is 1. The van der Waals surface area contributed by atoms with Crippen molar-refractivity contribution < 1.29 is 4.74 Å². The number of rotatable bonds is 8. The molecule has 0 saturated heterocycles. The fourth-order valence-electron chi connectivity index (χ4n) is 1.92. The molecule has 0 aliphatic heterocycles. The minimum Gasteiger partial charge on any atom is -0.378 e. The van der Waals surface area contributed by atoms with Crippen LogP contribution in [0.1, 0.15) is 52.9 Å². The van der Waals surface area contributed by atoms with Crippen LogP contribution >= 0.6 is 15.9 Å². The van der Waals surface area contributed by atoms with E-state index in [0.29, 0.717) is 0 Å². The zero-order valence-electron chi connectivity index (χ0n) is 10.6. The summed E-state index contributed by atoms with van der Waals surface area (Å²) < 4.78 is 5.65. The van der Waals surface area contributed by atoms with E-state index < -0.39 is 0 Å². The second-order valence-corrected chi connectivity index (χ2v) is 4.80. The number of methoxy groups -OCH3 is 1. The Morgan fingerprint density at radius 1 is 1.33 bits per heavy atom. The van der Waals surface area contributed by atoms with Crippen LogP contribution < -0.4 is 0 Å². The third-order valence-corrected chi connectivity index (χ3v) is 3.67. The molecule has 2 heteroatoms. The van der Waals surface area contributed by atoms with E-state index in [0.717, 1.165) is 18.2 Å². The van der Waals surface area contributed by atoms with Gasteiger partial charge in [-0.15, -0.1) is 0 Å². The summed E-state index contributed by atoms with van der Waals surface area (Å²) in [4.78, 5) is 0. The van der Waals surface area contributed by atoms with Gasteiger partial charge in [-0.3, -0.25) is 0 Å². The number of allylic oxidation sites excluding steroid dienone is 2. The summed E-state index contributed by atoms with van der Waals surface area (Å²) in [5.74, 6) is 0. The summed E-state index contributed by atoms with van der Waals surface area (Å²) in [6, 6.07) is 0. The van der Waals surface area contributed by atoms with Crippen LogP contribution in [-0.2, 0) is 4.74 Å². The molecule has 0 heterocycles. The van der Waals surface area contributed by atoms with Gasteiger partial charge >= 0.3 is 0 Å². The maximum Gasteiger partial charge on any atom is 0.0673 e. The fraction of sp³-hybridized carbons (Fsp3) is 0.846. The SMILES string of the molecule is CCC(CC)(CCC/C(C)=C/CBr)OC. The molecule has 0 aromatic rings. The molecule has 15 heavy (non-hydrogen) atoms. The molecule has 0 unspecified atom stereocenters. The van der Waals surface area contributed by atoms with Crippen molar-refractivity contribution in [3.8, 4) is 0 Å². The molecule has 0 atom stereocenters. The quantitative estimate of drug-likeness (QED) is 0.461. The molecule has 0 aliphatic rings. The van der Waals surface area contributed by atoms with E-state index in [9.17, 15) is 0 Å². The lowest BCUT2D eigenvalue weighted by molar-refractivity contribution is -0.0250. The largest absolute Gasteiger partial charge is 0.378 e. The third-order valence-electron chi connectivity index (χ3n) is 3.35. The Hall–Kier alpha value is 0.180. The lowest BCUT2D eigenvalue weighted by Gasteiger charge is -2.30. The lowest BCUT2D eigenvalue weighted by atomic mass is 9.90. The molecule has 0 N–H and O–H groups in total. The van der Waals surface area contributed by atoms with Crippen molar-refractivity contribution in [2.45, 2.75) is 58.5 Å². The number of halogens is 1. The summed E-state index contributed by atoms with van der Waals surface area (Å²) in [5.41, 5.74) is 1.60. The highest BCUT2D eigenvalue weighted by Crippen LogP contribution is 2.26. The van der Waals surface area contributed by atoms with Gasteiger partial charge in [0.05, 0.1) is 5.60 Å². The van der Waals surface area contributed by atoms with Crippen molar-refractivity contribution in [1.29, 1.82) is 0 Å². The summed E-state index contributed by atoms with van der Waals surface area (Å²) in [6.45, 7) is 6.63. The van der Waals surface area contributed by atoms with Gasteiger partial charge < -0.3 is 4.74 Å². The predicted octanol–water partition coefficient (Wildman–Crippen LogP) is 4.70. The summed E-state index contributed by atoms with van der Waals surface area (Å²) in [5, 5.41) is 0.968. The molecule has 0 amide bonds. The van der Waals surface area contributed by atoms with Crippen molar-refractivity contribution >= 4 is 15.9 Å². The van der Waals surface area contributed by atoms with Crippen LogP contribution in [-0.4, -0.2) is 18.0 Å². The number of hydrogen-bond acceptors (Lipinski definition) is 1. The molecule has 0 aromatic carbocycles. The van der Waals surface area contributed by atoms with Gasteiger partial charge in [0.25, 0.3) is 0 Å². The number of alkyl halides is 1. The lowest BCUT2D eigenvalue weighted by Crippen LogP contribution is -2.29. The first-order chi connectivity index (χ1) is 7.14. The molecule has 0 radical (unpaired) electrons. The van der Waals surface area contributed by atoms with Gasteiger partial charge in [0.15, 0.2) is 0 Å². The Labute approximate surface area is 103 Å². The Balaban J connectivity index is 3.96. The fourth-order valence-corrected chi connectivity index (χ4v) is 2.47. The van der Waals surface area contributed by atoms with Gasteiger partial charge in [0.2, 0.25) is 0 Å². The molecule has 0 bridgehead atoms. The first-order valence-corrected chi connectivity index (χ1v) is 7.03. The van der Waals surface area contributed by atoms with Gasteiger partial charge in [-0.25, -0.2) is 0 Å².